The second-order valence-electron chi connectivity index (χ2n) is 4.02. The predicted octanol–water partition coefficient (Wildman–Crippen LogP) is 4.85. The zero-order valence-corrected chi connectivity index (χ0v) is 11.6. The molecule has 8 heteroatoms. The third-order valence-electron chi connectivity index (χ3n) is 2.36. The lowest BCUT2D eigenvalue weighted by molar-refractivity contribution is -0.274. The van der Waals surface area contributed by atoms with Crippen molar-refractivity contribution in [2.24, 2.45) is 0 Å². The van der Waals surface area contributed by atoms with Crippen LogP contribution >= 0.6 is 11.6 Å². The topological polar surface area (TPSA) is 47.6 Å². The lowest BCUT2D eigenvalue weighted by atomic mass is 10.3. The number of alkyl halides is 3. The van der Waals surface area contributed by atoms with E-state index >= 15 is 0 Å². The van der Waals surface area contributed by atoms with Gasteiger partial charge < -0.3 is 9.47 Å². The van der Waals surface area contributed by atoms with Gasteiger partial charge in [-0.15, -0.1) is 13.2 Å². The van der Waals surface area contributed by atoms with Crippen LogP contribution in [0.3, 0.4) is 0 Å². The zero-order valence-electron chi connectivity index (χ0n) is 10.9. The highest BCUT2D eigenvalue weighted by Gasteiger charge is 2.32. The lowest BCUT2D eigenvalue weighted by Gasteiger charge is -2.12. The fourth-order valence-electron chi connectivity index (χ4n) is 1.52. The van der Waals surface area contributed by atoms with Crippen LogP contribution in [-0.2, 0) is 0 Å². The fraction of sp³-hybridized carbons (Fsp3) is 0.0714. The van der Waals surface area contributed by atoms with Gasteiger partial charge in [0.15, 0.2) is 0 Å². The Balaban J connectivity index is 2.06. The first-order valence-electron chi connectivity index (χ1n) is 5.93. The number of rotatable bonds is 3. The summed E-state index contributed by atoms with van der Waals surface area (Å²) in [6, 6.07) is 11.6. The molecule has 2 aromatic rings. The van der Waals surface area contributed by atoms with Crippen molar-refractivity contribution in [2.45, 2.75) is 6.36 Å². The Hall–Kier alpha value is -2.41. The molecule has 0 bridgehead atoms. The average Bonchev–Trinajstić information content (AvgIpc) is 2.42. The zero-order chi connectivity index (χ0) is 16.2. The standard InChI is InChI=1S/C14H9ClF3NO3/c15-11-7-6-9(8-12(11)22-14(16,17)18)19-13(20)21-10-4-2-1-3-5-10/h1-8H,(H,19,20). The van der Waals surface area contributed by atoms with Gasteiger partial charge in [0.2, 0.25) is 0 Å². The van der Waals surface area contributed by atoms with Crippen molar-refractivity contribution in [1.29, 1.82) is 0 Å². The maximum absolute atomic E-state index is 12.2. The van der Waals surface area contributed by atoms with Crippen molar-refractivity contribution in [1.82, 2.24) is 0 Å². The SMILES string of the molecule is O=C(Nc1ccc(Cl)c(OC(F)(F)F)c1)Oc1ccccc1. The summed E-state index contributed by atoms with van der Waals surface area (Å²) in [6.07, 6.45) is -5.74. The minimum atomic E-state index is -4.88. The van der Waals surface area contributed by atoms with Crippen LogP contribution in [0.4, 0.5) is 23.7 Å². The first-order chi connectivity index (χ1) is 10.3. The van der Waals surface area contributed by atoms with Gasteiger partial charge in [-0.3, -0.25) is 5.32 Å². The van der Waals surface area contributed by atoms with Crippen molar-refractivity contribution >= 4 is 23.4 Å². The van der Waals surface area contributed by atoms with Crippen LogP contribution in [0.2, 0.25) is 5.02 Å². The Morgan fingerprint density at radius 3 is 2.41 bits per heavy atom. The van der Waals surface area contributed by atoms with Crippen LogP contribution in [0, 0.1) is 0 Å². The summed E-state index contributed by atoms with van der Waals surface area (Å²) < 4.78 is 45.3. The Kier molecular flexibility index (Phi) is 4.77. The van der Waals surface area contributed by atoms with E-state index in [0.717, 1.165) is 6.07 Å². The minimum absolute atomic E-state index is 0.0459. The summed E-state index contributed by atoms with van der Waals surface area (Å²) >= 11 is 5.60. The van der Waals surface area contributed by atoms with Crippen LogP contribution in [-0.4, -0.2) is 12.5 Å². The highest BCUT2D eigenvalue weighted by Crippen LogP contribution is 2.32. The normalized spacial score (nSPS) is 10.9. The monoisotopic (exact) mass is 331 g/mol. The summed E-state index contributed by atoms with van der Waals surface area (Å²) in [5.41, 5.74) is 0.0459. The second-order valence-corrected chi connectivity index (χ2v) is 4.43. The van der Waals surface area contributed by atoms with Gasteiger partial charge in [0.05, 0.1) is 5.02 Å². The molecule has 2 rings (SSSR count). The van der Waals surface area contributed by atoms with Gasteiger partial charge in [-0.25, -0.2) is 4.79 Å². The first-order valence-corrected chi connectivity index (χ1v) is 6.30. The van der Waals surface area contributed by atoms with Gasteiger partial charge in [-0.05, 0) is 24.3 Å². The summed E-state index contributed by atoms with van der Waals surface area (Å²) in [4.78, 5) is 11.6. The smallest absolute Gasteiger partial charge is 0.410 e. The summed E-state index contributed by atoms with van der Waals surface area (Å²) in [5.74, 6) is -0.326. The van der Waals surface area contributed by atoms with Crippen molar-refractivity contribution in [3.63, 3.8) is 0 Å². The molecule has 0 aliphatic rings. The van der Waals surface area contributed by atoms with E-state index in [1.165, 1.54) is 12.1 Å². The van der Waals surface area contributed by atoms with Crippen molar-refractivity contribution in [3.05, 3.63) is 53.6 Å². The van der Waals surface area contributed by atoms with E-state index in [0.29, 0.717) is 5.75 Å². The molecule has 0 fully saturated rings. The van der Waals surface area contributed by atoms with E-state index in [1.54, 1.807) is 30.3 Å². The van der Waals surface area contributed by atoms with Gasteiger partial charge in [0.1, 0.15) is 11.5 Å². The molecule has 22 heavy (non-hydrogen) atoms. The molecule has 116 valence electrons. The Morgan fingerprint density at radius 1 is 1.09 bits per heavy atom. The number of benzene rings is 2. The van der Waals surface area contributed by atoms with E-state index in [1.807, 2.05) is 0 Å². The van der Waals surface area contributed by atoms with Crippen molar-refractivity contribution in [2.75, 3.05) is 5.32 Å². The number of carbonyl (C=O) groups excluding carboxylic acids is 1. The molecule has 0 atom stereocenters. The van der Waals surface area contributed by atoms with Gasteiger partial charge in [0.25, 0.3) is 0 Å². The Morgan fingerprint density at radius 2 is 1.77 bits per heavy atom. The highest BCUT2D eigenvalue weighted by molar-refractivity contribution is 6.32. The van der Waals surface area contributed by atoms with Crippen LogP contribution in [0.5, 0.6) is 11.5 Å². The second kappa shape index (κ2) is 6.57. The van der Waals surface area contributed by atoms with E-state index in [-0.39, 0.29) is 10.7 Å². The minimum Gasteiger partial charge on any atom is -0.410 e. The number of amides is 1. The molecule has 1 N–H and O–H groups in total. The maximum Gasteiger partial charge on any atom is 0.573 e. The third-order valence-corrected chi connectivity index (χ3v) is 2.67. The molecular formula is C14H9ClF3NO3. The van der Waals surface area contributed by atoms with Crippen LogP contribution in [0.25, 0.3) is 0 Å². The summed E-state index contributed by atoms with van der Waals surface area (Å²) in [6.45, 7) is 0. The molecule has 2 aromatic carbocycles. The fourth-order valence-corrected chi connectivity index (χ4v) is 1.68. The molecule has 0 aliphatic heterocycles. The lowest BCUT2D eigenvalue weighted by Crippen LogP contribution is -2.19. The first kappa shape index (κ1) is 16.0. The highest BCUT2D eigenvalue weighted by atomic mass is 35.5. The Bertz CT molecular complexity index is 662. The molecule has 0 aliphatic carbocycles. The quantitative estimate of drug-likeness (QED) is 0.874. The van der Waals surface area contributed by atoms with Crippen LogP contribution < -0.4 is 14.8 Å². The van der Waals surface area contributed by atoms with Crippen molar-refractivity contribution < 1.29 is 27.4 Å². The molecule has 1 amide bonds. The summed E-state index contributed by atoms with van der Waals surface area (Å²) in [5, 5.41) is 2.04. The van der Waals surface area contributed by atoms with Gasteiger partial charge in [-0.1, -0.05) is 29.8 Å². The van der Waals surface area contributed by atoms with E-state index < -0.39 is 18.2 Å². The number of hydrogen-bond acceptors (Lipinski definition) is 3. The number of para-hydroxylation sites is 1. The molecule has 0 heterocycles. The number of carbonyl (C=O) groups is 1. The molecule has 0 aromatic heterocycles. The third kappa shape index (κ3) is 4.85. The predicted molar refractivity (Wildman–Crippen MR) is 74.2 cm³/mol. The molecule has 0 unspecified atom stereocenters. The van der Waals surface area contributed by atoms with E-state index in [2.05, 4.69) is 10.1 Å². The van der Waals surface area contributed by atoms with Crippen LogP contribution in [0.15, 0.2) is 48.5 Å². The van der Waals surface area contributed by atoms with Gasteiger partial charge in [-0.2, -0.15) is 0 Å². The van der Waals surface area contributed by atoms with Crippen LogP contribution in [0.1, 0.15) is 0 Å². The average molecular weight is 332 g/mol. The maximum atomic E-state index is 12.2. The molecular weight excluding hydrogens is 323 g/mol. The number of ether oxygens (including phenoxy) is 2. The Labute approximate surface area is 128 Å². The van der Waals surface area contributed by atoms with Gasteiger partial charge in [0, 0.05) is 11.8 Å². The molecule has 0 saturated carbocycles. The van der Waals surface area contributed by atoms with Gasteiger partial charge >= 0.3 is 12.5 Å². The van der Waals surface area contributed by atoms with Crippen molar-refractivity contribution in [3.8, 4) is 11.5 Å². The molecule has 4 nitrogen and oxygen atoms in total. The van der Waals surface area contributed by atoms with E-state index in [4.69, 9.17) is 16.3 Å². The van der Waals surface area contributed by atoms with E-state index in [9.17, 15) is 18.0 Å². The number of nitrogens with one attached hydrogen (secondary N) is 1. The largest absolute Gasteiger partial charge is 0.573 e. The molecule has 0 spiro atoms. The number of halogens is 4. The molecule has 0 radical (unpaired) electrons. The molecule has 0 saturated heterocycles. The summed E-state index contributed by atoms with van der Waals surface area (Å²) in [7, 11) is 0. The number of hydrogen-bond donors (Lipinski definition) is 1. The number of anilines is 1.